The molecule has 0 aliphatic carbocycles. The van der Waals surface area contributed by atoms with Crippen LogP contribution < -0.4 is 4.74 Å². The second-order valence-corrected chi connectivity index (χ2v) is 5.08. The van der Waals surface area contributed by atoms with E-state index >= 15 is 0 Å². The quantitative estimate of drug-likeness (QED) is 0.440. The van der Waals surface area contributed by atoms with Gasteiger partial charge in [-0.2, -0.15) is 27.2 Å². The normalized spacial score (nSPS) is 11.2. The summed E-state index contributed by atoms with van der Waals surface area (Å²) in [6.45, 7) is -1.76. The summed E-state index contributed by atoms with van der Waals surface area (Å²) < 4.78 is 70.8. The fraction of sp³-hybridized carbons (Fsp3) is 0.385. The molecule has 0 bridgehead atoms. The van der Waals surface area contributed by atoms with Crippen LogP contribution in [0.25, 0.3) is 0 Å². The molecule has 4 nitrogen and oxygen atoms in total. The molecule has 10 heteroatoms. The average molecular weight is 355 g/mol. The Kier molecular flexibility index (Phi) is 6.62. The van der Waals surface area contributed by atoms with E-state index in [9.17, 15) is 26.7 Å². The molecular formula is C13H10F5NO3S. The molecule has 0 amide bonds. The standard InChI is InChI=1S/C13H10F5NO3S/c1-2-21-11(20)5-7-3-9(22-12(14)15)10(4-8(7)6-19)23-13(16,17)18/h3-4,12H,2,5H2,1H3. The van der Waals surface area contributed by atoms with E-state index in [-0.39, 0.29) is 17.7 Å². The Morgan fingerprint density at radius 2 is 2.04 bits per heavy atom. The van der Waals surface area contributed by atoms with Gasteiger partial charge in [0, 0.05) is 0 Å². The summed E-state index contributed by atoms with van der Waals surface area (Å²) >= 11 is -0.689. The van der Waals surface area contributed by atoms with Crippen LogP contribution in [0, 0.1) is 11.3 Å². The summed E-state index contributed by atoms with van der Waals surface area (Å²) in [7, 11) is 0. The van der Waals surface area contributed by atoms with Crippen LogP contribution in [0.15, 0.2) is 17.0 Å². The summed E-state index contributed by atoms with van der Waals surface area (Å²) in [6.07, 6.45) is -0.451. The average Bonchev–Trinajstić information content (AvgIpc) is 2.39. The monoisotopic (exact) mass is 355 g/mol. The maximum absolute atomic E-state index is 12.5. The Bertz CT molecular complexity index is 613. The van der Waals surface area contributed by atoms with Crippen LogP contribution in [0.5, 0.6) is 5.75 Å². The smallest absolute Gasteiger partial charge is 0.446 e. The van der Waals surface area contributed by atoms with Gasteiger partial charge in [-0.1, -0.05) is 0 Å². The molecule has 0 heterocycles. The third-order valence-corrected chi connectivity index (χ3v) is 3.14. The second-order valence-electron chi connectivity index (χ2n) is 3.98. The van der Waals surface area contributed by atoms with E-state index in [1.54, 1.807) is 6.07 Å². The lowest BCUT2D eigenvalue weighted by Gasteiger charge is -2.14. The van der Waals surface area contributed by atoms with Gasteiger partial charge in [-0.05, 0) is 36.4 Å². The Hall–Kier alpha value is -2.02. The number of nitrogens with zero attached hydrogens (tertiary/aromatic N) is 1. The first-order chi connectivity index (χ1) is 10.7. The third-order valence-electron chi connectivity index (χ3n) is 2.37. The minimum Gasteiger partial charge on any atom is -0.466 e. The molecule has 0 aliphatic rings. The van der Waals surface area contributed by atoms with Crippen molar-refractivity contribution in [1.82, 2.24) is 0 Å². The molecule has 0 spiro atoms. The number of nitriles is 1. The zero-order valence-electron chi connectivity index (χ0n) is 11.6. The molecule has 0 aliphatic heterocycles. The zero-order chi connectivity index (χ0) is 17.6. The summed E-state index contributed by atoms with van der Waals surface area (Å²) in [5.74, 6) is -1.51. The fourth-order valence-electron chi connectivity index (χ4n) is 1.61. The van der Waals surface area contributed by atoms with Crippen LogP contribution in [0.2, 0.25) is 0 Å². The number of esters is 1. The van der Waals surface area contributed by atoms with Crippen molar-refractivity contribution >= 4 is 17.7 Å². The van der Waals surface area contributed by atoms with Crippen molar-refractivity contribution in [3.63, 3.8) is 0 Å². The van der Waals surface area contributed by atoms with Gasteiger partial charge in [0.15, 0.2) is 0 Å². The van der Waals surface area contributed by atoms with Crippen LogP contribution in [-0.4, -0.2) is 24.7 Å². The number of halogens is 5. The molecule has 0 fully saturated rings. The molecule has 0 unspecified atom stereocenters. The third kappa shape index (κ3) is 6.32. The van der Waals surface area contributed by atoms with E-state index < -0.39 is 46.9 Å². The van der Waals surface area contributed by atoms with Crippen LogP contribution in [-0.2, 0) is 16.0 Å². The molecule has 0 atom stereocenters. The number of hydrogen-bond acceptors (Lipinski definition) is 5. The molecule has 0 N–H and O–H groups in total. The number of benzene rings is 1. The topological polar surface area (TPSA) is 59.3 Å². The first-order valence-corrected chi connectivity index (χ1v) is 6.91. The lowest BCUT2D eigenvalue weighted by molar-refractivity contribution is -0.142. The number of thioether (sulfide) groups is 1. The summed E-state index contributed by atoms with van der Waals surface area (Å²) in [6, 6.07) is 3.19. The Morgan fingerprint density at radius 1 is 1.39 bits per heavy atom. The van der Waals surface area contributed by atoms with Crippen molar-refractivity contribution in [3.05, 3.63) is 23.3 Å². The fourth-order valence-corrected chi connectivity index (χ4v) is 2.25. The summed E-state index contributed by atoms with van der Waals surface area (Å²) in [5, 5.41) is 8.98. The highest BCUT2D eigenvalue weighted by Gasteiger charge is 2.32. The number of hydrogen-bond donors (Lipinski definition) is 0. The minimum atomic E-state index is -4.75. The molecule has 1 aromatic rings. The van der Waals surface area contributed by atoms with Gasteiger partial charge in [0.1, 0.15) is 5.75 Å². The molecule has 126 valence electrons. The van der Waals surface area contributed by atoms with E-state index in [4.69, 9.17) is 5.26 Å². The van der Waals surface area contributed by atoms with Crippen molar-refractivity contribution in [2.75, 3.05) is 6.61 Å². The van der Waals surface area contributed by atoms with Crippen molar-refractivity contribution in [2.45, 2.75) is 30.4 Å². The highest BCUT2D eigenvalue weighted by atomic mass is 32.2. The maximum Gasteiger partial charge on any atom is 0.446 e. The minimum absolute atomic E-state index is 0.0587. The highest BCUT2D eigenvalue weighted by molar-refractivity contribution is 8.00. The van der Waals surface area contributed by atoms with Gasteiger partial charge in [-0.25, -0.2) is 0 Å². The first-order valence-electron chi connectivity index (χ1n) is 6.09. The summed E-state index contributed by atoms with van der Waals surface area (Å²) in [4.78, 5) is 10.7. The Balaban J connectivity index is 3.27. The molecular weight excluding hydrogens is 345 g/mol. The Labute approximate surface area is 132 Å². The predicted octanol–water partition coefficient (Wildman–Crippen LogP) is 3.88. The van der Waals surface area contributed by atoms with E-state index in [0.29, 0.717) is 0 Å². The van der Waals surface area contributed by atoms with Gasteiger partial charge >= 0.3 is 18.1 Å². The molecule has 0 radical (unpaired) electrons. The van der Waals surface area contributed by atoms with Gasteiger partial charge in [0.25, 0.3) is 0 Å². The molecule has 0 saturated heterocycles. The van der Waals surface area contributed by atoms with Crippen molar-refractivity contribution in [3.8, 4) is 11.8 Å². The SMILES string of the molecule is CCOC(=O)Cc1cc(OC(F)F)c(SC(F)(F)F)cc1C#N. The van der Waals surface area contributed by atoms with E-state index in [1.807, 2.05) is 0 Å². The largest absolute Gasteiger partial charge is 0.466 e. The molecule has 1 rings (SSSR count). The lowest BCUT2D eigenvalue weighted by atomic mass is 10.1. The van der Waals surface area contributed by atoms with Crippen molar-refractivity contribution in [1.29, 1.82) is 5.26 Å². The Morgan fingerprint density at radius 3 is 2.52 bits per heavy atom. The first kappa shape index (κ1) is 19.0. The number of ether oxygens (including phenoxy) is 2. The van der Waals surface area contributed by atoms with Crippen LogP contribution >= 0.6 is 11.8 Å². The highest BCUT2D eigenvalue weighted by Crippen LogP contribution is 2.43. The lowest BCUT2D eigenvalue weighted by Crippen LogP contribution is -2.11. The van der Waals surface area contributed by atoms with E-state index in [2.05, 4.69) is 9.47 Å². The zero-order valence-corrected chi connectivity index (χ0v) is 12.4. The number of alkyl halides is 5. The number of carbonyl (C=O) groups excluding carboxylic acids is 1. The number of rotatable bonds is 6. The molecule has 1 aromatic carbocycles. The number of carbonyl (C=O) groups is 1. The van der Waals surface area contributed by atoms with Gasteiger partial charge < -0.3 is 9.47 Å². The van der Waals surface area contributed by atoms with E-state index in [1.165, 1.54) is 6.92 Å². The van der Waals surface area contributed by atoms with Crippen molar-refractivity contribution < 1.29 is 36.2 Å². The molecule has 0 saturated carbocycles. The van der Waals surface area contributed by atoms with Crippen LogP contribution in [0.3, 0.4) is 0 Å². The van der Waals surface area contributed by atoms with Gasteiger partial charge in [0.05, 0.1) is 29.6 Å². The van der Waals surface area contributed by atoms with Gasteiger partial charge in [-0.15, -0.1) is 0 Å². The molecule has 23 heavy (non-hydrogen) atoms. The van der Waals surface area contributed by atoms with Gasteiger partial charge in [-0.3, -0.25) is 4.79 Å². The van der Waals surface area contributed by atoms with Gasteiger partial charge in [0.2, 0.25) is 0 Å². The van der Waals surface area contributed by atoms with Crippen LogP contribution in [0.1, 0.15) is 18.1 Å². The van der Waals surface area contributed by atoms with Crippen molar-refractivity contribution in [2.24, 2.45) is 0 Å². The predicted molar refractivity (Wildman–Crippen MR) is 70.0 cm³/mol. The van der Waals surface area contributed by atoms with E-state index in [0.717, 1.165) is 12.1 Å². The maximum atomic E-state index is 12.5. The second kappa shape index (κ2) is 8.01. The molecule has 0 aromatic heterocycles. The summed E-state index contributed by atoms with van der Waals surface area (Å²) in [5.41, 5.74) is -5.07. The van der Waals surface area contributed by atoms with Crippen LogP contribution in [0.4, 0.5) is 22.0 Å².